The van der Waals surface area contributed by atoms with Gasteiger partial charge in [-0.1, -0.05) is 6.92 Å². The lowest BCUT2D eigenvalue weighted by atomic mass is 9.96. The normalized spacial score (nSPS) is 26.3. The van der Waals surface area contributed by atoms with Crippen molar-refractivity contribution in [3.05, 3.63) is 18.0 Å². The van der Waals surface area contributed by atoms with Crippen LogP contribution in [0.1, 0.15) is 18.9 Å². The van der Waals surface area contributed by atoms with Gasteiger partial charge in [-0.2, -0.15) is 5.10 Å². The van der Waals surface area contributed by atoms with Crippen LogP contribution in [0.2, 0.25) is 0 Å². The molecule has 1 fully saturated rings. The number of hydrogen-bond acceptors (Lipinski definition) is 4. The fourth-order valence-corrected chi connectivity index (χ4v) is 2.61. The Kier molecular flexibility index (Phi) is 4.15. The molecule has 0 amide bonds. The van der Waals surface area contributed by atoms with Gasteiger partial charge in [0.1, 0.15) is 0 Å². The molecule has 96 valence electrons. The Morgan fingerprint density at radius 1 is 1.53 bits per heavy atom. The molecule has 1 aromatic rings. The highest BCUT2D eigenvalue weighted by atomic mass is 16.3. The summed E-state index contributed by atoms with van der Waals surface area (Å²) in [5, 5.41) is 13.0. The van der Waals surface area contributed by atoms with Gasteiger partial charge in [0.2, 0.25) is 0 Å². The molecular weight excluding hydrogens is 216 g/mol. The zero-order valence-corrected chi connectivity index (χ0v) is 10.4. The summed E-state index contributed by atoms with van der Waals surface area (Å²) in [5.41, 5.74) is 7.22. The monoisotopic (exact) mass is 238 g/mol. The molecule has 0 radical (unpaired) electrons. The SMILES string of the molecule is CC1CC(N)CN(Cc2cnn(CCO)c2)C1. The molecule has 3 N–H and O–H groups in total. The maximum absolute atomic E-state index is 8.83. The van der Waals surface area contributed by atoms with E-state index in [1.54, 1.807) is 4.68 Å². The van der Waals surface area contributed by atoms with Gasteiger partial charge in [-0.05, 0) is 12.3 Å². The number of nitrogens with two attached hydrogens (primary N) is 1. The van der Waals surface area contributed by atoms with Crippen molar-refractivity contribution in [2.45, 2.75) is 32.5 Å². The minimum atomic E-state index is 0.132. The molecule has 2 rings (SSSR count). The van der Waals surface area contributed by atoms with Crippen LogP contribution >= 0.6 is 0 Å². The molecule has 1 saturated heterocycles. The Hall–Kier alpha value is -0.910. The van der Waals surface area contributed by atoms with Crippen molar-refractivity contribution in [2.24, 2.45) is 11.7 Å². The first-order valence-electron chi connectivity index (χ1n) is 6.27. The first-order valence-corrected chi connectivity index (χ1v) is 6.27. The molecule has 1 aliphatic rings. The first-order chi connectivity index (χ1) is 8.17. The molecule has 2 heterocycles. The second-order valence-electron chi connectivity index (χ2n) is 5.13. The molecule has 17 heavy (non-hydrogen) atoms. The van der Waals surface area contributed by atoms with E-state index >= 15 is 0 Å². The predicted octanol–water partition coefficient (Wildman–Crippen LogP) is 0.0445. The first kappa shape index (κ1) is 12.5. The third kappa shape index (κ3) is 3.52. The minimum Gasteiger partial charge on any atom is -0.394 e. The summed E-state index contributed by atoms with van der Waals surface area (Å²) in [6, 6.07) is 0.297. The number of aliphatic hydroxyl groups excluding tert-OH is 1. The van der Waals surface area contributed by atoms with E-state index in [1.807, 2.05) is 12.4 Å². The van der Waals surface area contributed by atoms with Crippen LogP contribution in [-0.2, 0) is 13.1 Å². The van der Waals surface area contributed by atoms with Gasteiger partial charge in [0.15, 0.2) is 0 Å². The van der Waals surface area contributed by atoms with E-state index in [1.165, 1.54) is 5.56 Å². The smallest absolute Gasteiger partial charge is 0.0640 e. The maximum Gasteiger partial charge on any atom is 0.0640 e. The summed E-state index contributed by atoms with van der Waals surface area (Å²) < 4.78 is 1.78. The Morgan fingerprint density at radius 3 is 3.06 bits per heavy atom. The average molecular weight is 238 g/mol. The van der Waals surface area contributed by atoms with E-state index in [-0.39, 0.29) is 6.61 Å². The van der Waals surface area contributed by atoms with E-state index < -0.39 is 0 Å². The van der Waals surface area contributed by atoms with Crippen molar-refractivity contribution in [2.75, 3.05) is 19.7 Å². The van der Waals surface area contributed by atoms with E-state index in [2.05, 4.69) is 16.9 Å². The topological polar surface area (TPSA) is 67.3 Å². The van der Waals surface area contributed by atoms with Crippen molar-refractivity contribution < 1.29 is 5.11 Å². The summed E-state index contributed by atoms with van der Waals surface area (Å²) in [6.07, 6.45) is 5.00. The van der Waals surface area contributed by atoms with Crippen LogP contribution in [0.15, 0.2) is 12.4 Å². The molecule has 1 aliphatic heterocycles. The quantitative estimate of drug-likeness (QED) is 0.777. The van der Waals surface area contributed by atoms with Crippen LogP contribution in [0.25, 0.3) is 0 Å². The Morgan fingerprint density at radius 2 is 2.35 bits per heavy atom. The lowest BCUT2D eigenvalue weighted by Gasteiger charge is -2.34. The fourth-order valence-electron chi connectivity index (χ4n) is 2.61. The number of nitrogens with zero attached hydrogens (tertiary/aromatic N) is 3. The predicted molar refractivity (Wildman–Crippen MR) is 66.3 cm³/mol. The standard InChI is InChI=1S/C12H22N4O/c1-10-4-12(13)9-15(6-10)7-11-5-14-16(8-11)2-3-17/h5,8,10,12,17H,2-4,6-7,9,13H2,1H3. The lowest BCUT2D eigenvalue weighted by molar-refractivity contribution is 0.158. The van der Waals surface area contributed by atoms with Gasteiger partial charge in [0, 0.05) is 37.4 Å². The summed E-state index contributed by atoms with van der Waals surface area (Å²) in [5.74, 6) is 0.672. The largest absolute Gasteiger partial charge is 0.394 e. The minimum absolute atomic E-state index is 0.132. The van der Waals surface area contributed by atoms with Gasteiger partial charge in [-0.3, -0.25) is 9.58 Å². The van der Waals surface area contributed by atoms with Gasteiger partial charge in [0.25, 0.3) is 0 Å². The molecule has 0 bridgehead atoms. The highest BCUT2D eigenvalue weighted by Crippen LogP contribution is 2.17. The zero-order valence-electron chi connectivity index (χ0n) is 10.4. The Bertz CT molecular complexity index is 342. The molecule has 0 saturated carbocycles. The molecule has 2 unspecified atom stereocenters. The fraction of sp³-hybridized carbons (Fsp3) is 0.750. The number of likely N-dealkylation sites (tertiary alicyclic amines) is 1. The van der Waals surface area contributed by atoms with Crippen LogP contribution in [0.5, 0.6) is 0 Å². The van der Waals surface area contributed by atoms with Gasteiger partial charge in [-0.15, -0.1) is 0 Å². The van der Waals surface area contributed by atoms with Gasteiger partial charge in [-0.25, -0.2) is 0 Å². The van der Waals surface area contributed by atoms with E-state index in [0.717, 1.165) is 26.1 Å². The van der Waals surface area contributed by atoms with Crippen molar-refractivity contribution in [3.8, 4) is 0 Å². The number of aliphatic hydroxyl groups is 1. The third-order valence-electron chi connectivity index (χ3n) is 3.19. The van der Waals surface area contributed by atoms with Gasteiger partial charge in [0.05, 0.1) is 19.3 Å². The molecule has 0 aliphatic carbocycles. The van der Waals surface area contributed by atoms with Crippen LogP contribution < -0.4 is 5.73 Å². The number of rotatable bonds is 4. The van der Waals surface area contributed by atoms with Crippen LogP contribution in [-0.4, -0.2) is 45.5 Å². The van der Waals surface area contributed by atoms with E-state index in [0.29, 0.717) is 18.5 Å². The van der Waals surface area contributed by atoms with Crippen molar-refractivity contribution >= 4 is 0 Å². The Labute approximate surface area is 102 Å². The Balaban J connectivity index is 1.90. The molecule has 0 aromatic carbocycles. The number of piperidine rings is 1. The summed E-state index contributed by atoms with van der Waals surface area (Å²) in [6.45, 7) is 5.93. The second-order valence-corrected chi connectivity index (χ2v) is 5.13. The second kappa shape index (κ2) is 5.62. The molecule has 0 spiro atoms. The highest BCUT2D eigenvalue weighted by Gasteiger charge is 2.22. The van der Waals surface area contributed by atoms with Crippen LogP contribution in [0, 0.1) is 5.92 Å². The molecule has 5 nitrogen and oxygen atoms in total. The summed E-state index contributed by atoms with van der Waals surface area (Å²) in [4.78, 5) is 2.39. The van der Waals surface area contributed by atoms with Gasteiger partial charge >= 0.3 is 0 Å². The van der Waals surface area contributed by atoms with E-state index in [4.69, 9.17) is 10.8 Å². The molecular formula is C12H22N4O. The zero-order chi connectivity index (χ0) is 12.3. The maximum atomic E-state index is 8.83. The van der Waals surface area contributed by atoms with Crippen LogP contribution in [0.4, 0.5) is 0 Å². The number of hydrogen-bond donors (Lipinski definition) is 2. The summed E-state index contributed by atoms with van der Waals surface area (Å²) >= 11 is 0. The van der Waals surface area contributed by atoms with Crippen molar-refractivity contribution in [3.63, 3.8) is 0 Å². The summed E-state index contributed by atoms with van der Waals surface area (Å²) in [7, 11) is 0. The van der Waals surface area contributed by atoms with Crippen molar-refractivity contribution in [1.29, 1.82) is 0 Å². The third-order valence-corrected chi connectivity index (χ3v) is 3.19. The van der Waals surface area contributed by atoms with E-state index in [9.17, 15) is 0 Å². The van der Waals surface area contributed by atoms with Gasteiger partial charge < -0.3 is 10.8 Å². The van der Waals surface area contributed by atoms with Crippen LogP contribution in [0.3, 0.4) is 0 Å². The lowest BCUT2D eigenvalue weighted by Crippen LogP contribution is -2.45. The highest BCUT2D eigenvalue weighted by molar-refractivity contribution is 5.04. The molecule has 1 aromatic heterocycles. The number of aromatic nitrogens is 2. The molecule has 5 heteroatoms. The molecule has 2 atom stereocenters. The van der Waals surface area contributed by atoms with Crippen molar-refractivity contribution in [1.82, 2.24) is 14.7 Å². The average Bonchev–Trinajstić information content (AvgIpc) is 2.64.